The van der Waals surface area contributed by atoms with Crippen LogP contribution in [0.5, 0.6) is 0 Å². The van der Waals surface area contributed by atoms with Crippen LogP contribution in [0.3, 0.4) is 0 Å². The Bertz CT molecular complexity index is 636. The SMILES string of the molecule is Cc1cc2c(CCN3CCCC3)cn(CCCN)c2cc1C. The maximum Gasteiger partial charge on any atom is 0.0486 e. The maximum absolute atomic E-state index is 5.70. The number of hydrogen-bond donors (Lipinski definition) is 1. The van der Waals surface area contributed by atoms with Gasteiger partial charge in [-0.1, -0.05) is 0 Å². The molecule has 0 amide bonds. The summed E-state index contributed by atoms with van der Waals surface area (Å²) in [5, 5.41) is 1.44. The number of nitrogens with zero attached hydrogens (tertiary/aromatic N) is 2. The van der Waals surface area contributed by atoms with E-state index in [9.17, 15) is 0 Å². The third kappa shape index (κ3) is 3.21. The average Bonchev–Trinajstić information content (AvgIpc) is 3.12. The highest BCUT2D eigenvalue weighted by Gasteiger charge is 2.14. The minimum Gasteiger partial charge on any atom is -0.347 e. The third-order valence-corrected chi connectivity index (χ3v) is 5.08. The van der Waals surface area contributed by atoms with E-state index < -0.39 is 0 Å². The van der Waals surface area contributed by atoms with E-state index in [0.717, 1.165) is 25.9 Å². The molecule has 0 unspecified atom stereocenters. The monoisotopic (exact) mass is 299 g/mol. The van der Waals surface area contributed by atoms with Crippen LogP contribution in [0, 0.1) is 13.8 Å². The van der Waals surface area contributed by atoms with Gasteiger partial charge in [0.15, 0.2) is 0 Å². The van der Waals surface area contributed by atoms with Gasteiger partial charge in [0.25, 0.3) is 0 Å². The van der Waals surface area contributed by atoms with Crippen molar-refractivity contribution in [2.24, 2.45) is 5.73 Å². The van der Waals surface area contributed by atoms with Crippen molar-refractivity contribution in [2.45, 2.75) is 46.1 Å². The third-order valence-electron chi connectivity index (χ3n) is 5.08. The van der Waals surface area contributed by atoms with Crippen molar-refractivity contribution in [3.63, 3.8) is 0 Å². The van der Waals surface area contributed by atoms with Crippen LogP contribution in [-0.4, -0.2) is 35.6 Å². The van der Waals surface area contributed by atoms with Crippen molar-refractivity contribution in [1.82, 2.24) is 9.47 Å². The number of likely N-dealkylation sites (tertiary alicyclic amines) is 1. The summed E-state index contributed by atoms with van der Waals surface area (Å²) in [6.45, 7) is 9.97. The highest BCUT2D eigenvalue weighted by molar-refractivity contribution is 5.85. The van der Waals surface area contributed by atoms with Gasteiger partial charge in [-0.25, -0.2) is 0 Å². The molecule has 2 heterocycles. The number of nitrogens with two attached hydrogens (primary N) is 1. The minimum absolute atomic E-state index is 0.758. The van der Waals surface area contributed by atoms with Gasteiger partial charge in [-0.05, 0) is 88.0 Å². The summed E-state index contributed by atoms with van der Waals surface area (Å²) in [4.78, 5) is 2.60. The molecule has 1 aromatic carbocycles. The van der Waals surface area contributed by atoms with E-state index in [2.05, 4.69) is 41.6 Å². The van der Waals surface area contributed by atoms with Gasteiger partial charge in [0.1, 0.15) is 0 Å². The number of hydrogen-bond acceptors (Lipinski definition) is 2. The van der Waals surface area contributed by atoms with Gasteiger partial charge in [-0.3, -0.25) is 0 Å². The van der Waals surface area contributed by atoms with Gasteiger partial charge in [-0.15, -0.1) is 0 Å². The topological polar surface area (TPSA) is 34.2 Å². The molecule has 2 aromatic rings. The molecule has 0 radical (unpaired) electrons. The van der Waals surface area contributed by atoms with E-state index >= 15 is 0 Å². The van der Waals surface area contributed by atoms with E-state index in [4.69, 9.17) is 5.73 Å². The van der Waals surface area contributed by atoms with Crippen LogP contribution < -0.4 is 5.73 Å². The molecule has 3 nitrogen and oxygen atoms in total. The predicted octanol–water partition coefficient (Wildman–Crippen LogP) is 3.25. The highest BCUT2D eigenvalue weighted by atomic mass is 15.1. The molecule has 0 saturated carbocycles. The second kappa shape index (κ2) is 6.84. The van der Waals surface area contributed by atoms with Crippen LogP contribution in [0.25, 0.3) is 10.9 Å². The first-order valence-corrected chi connectivity index (χ1v) is 8.70. The van der Waals surface area contributed by atoms with Gasteiger partial charge in [0.05, 0.1) is 0 Å². The second-order valence-electron chi connectivity index (χ2n) is 6.74. The summed E-state index contributed by atoms with van der Waals surface area (Å²) in [6, 6.07) is 4.73. The average molecular weight is 299 g/mol. The lowest BCUT2D eigenvalue weighted by Gasteiger charge is -2.13. The molecular formula is C19H29N3. The summed E-state index contributed by atoms with van der Waals surface area (Å²) in [6.07, 6.45) is 7.32. The molecule has 0 aliphatic carbocycles. The van der Waals surface area contributed by atoms with Crippen LogP contribution in [0.2, 0.25) is 0 Å². The van der Waals surface area contributed by atoms with Gasteiger partial charge >= 0.3 is 0 Å². The molecule has 1 aliphatic rings. The second-order valence-corrected chi connectivity index (χ2v) is 6.74. The lowest BCUT2D eigenvalue weighted by atomic mass is 10.0. The van der Waals surface area contributed by atoms with Crippen molar-refractivity contribution >= 4 is 10.9 Å². The Kier molecular flexibility index (Phi) is 4.84. The zero-order valence-electron chi connectivity index (χ0n) is 14.1. The standard InChI is InChI=1S/C19H29N3/c1-15-12-18-17(6-11-21-8-3-4-9-21)14-22(10-5-7-20)19(18)13-16(15)2/h12-14H,3-11,20H2,1-2H3. The van der Waals surface area contributed by atoms with E-state index in [-0.39, 0.29) is 0 Å². The van der Waals surface area contributed by atoms with Crippen molar-refractivity contribution in [1.29, 1.82) is 0 Å². The fourth-order valence-corrected chi connectivity index (χ4v) is 3.55. The molecule has 0 atom stereocenters. The molecule has 1 fully saturated rings. The van der Waals surface area contributed by atoms with Crippen LogP contribution in [-0.2, 0) is 13.0 Å². The first-order valence-electron chi connectivity index (χ1n) is 8.70. The molecular weight excluding hydrogens is 270 g/mol. The summed E-state index contributed by atoms with van der Waals surface area (Å²) >= 11 is 0. The van der Waals surface area contributed by atoms with E-state index in [1.54, 1.807) is 0 Å². The number of benzene rings is 1. The minimum atomic E-state index is 0.758. The molecule has 3 heteroatoms. The van der Waals surface area contributed by atoms with Crippen LogP contribution >= 0.6 is 0 Å². The Balaban J connectivity index is 1.88. The first-order chi connectivity index (χ1) is 10.7. The van der Waals surface area contributed by atoms with Crippen molar-refractivity contribution in [3.05, 3.63) is 35.0 Å². The Morgan fingerprint density at radius 3 is 2.50 bits per heavy atom. The number of rotatable bonds is 6. The largest absolute Gasteiger partial charge is 0.347 e. The number of fused-ring (bicyclic) bond motifs is 1. The molecule has 0 bridgehead atoms. The molecule has 2 N–H and O–H groups in total. The summed E-state index contributed by atoms with van der Waals surface area (Å²) in [5.41, 5.74) is 11.4. The zero-order valence-corrected chi connectivity index (χ0v) is 14.1. The highest BCUT2D eigenvalue weighted by Crippen LogP contribution is 2.26. The summed E-state index contributed by atoms with van der Waals surface area (Å²) in [5.74, 6) is 0. The summed E-state index contributed by atoms with van der Waals surface area (Å²) < 4.78 is 2.41. The van der Waals surface area contributed by atoms with E-state index in [0.29, 0.717) is 0 Å². The smallest absolute Gasteiger partial charge is 0.0486 e. The van der Waals surface area contributed by atoms with Crippen molar-refractivity contribution in [2.75, 3.05) is 26.2 Å². The fraction of sp³-hybridized carbons (Fsp3) is 0.579. The van der Waals surface area contributed by atoms with Gasteiger partial charge in [0.2, 0.25) is 0 Å². The molecule has 1 saturated heterocycles. The van der Waals surface area contributed by atoms with Crippen molar-refractivity contribution < 1.29 is 0 Å². The molecule has 1 aliphatic heterocycles. The number of aryl methyl sites for hydroxylation is 3. The zero-order chi connectivity index (χ0) is 15.5. The van der Waals surface area contributed by atoms with Gasteiger partial charge in [-0.2, -0.15) is 0 Å². The number of aromatic nitrogens is 1. The molecule has 0 spiro atoms. The molecule has 120 valence electrons. The van der Waals surface area contributed by atoms with E-state index in [1.807, 2.05) is 0 Å². The van der Waals surface area contributed by atoms with Crippen LogP contribution in [0.4, 0.5) is 0 Å². The quantitative estimate of drug-likeness (QED) is 0.888. The normalized spacial score (nSPS) is 16.0. The van der Waals surface area contributed by atoms with Gasteiger partial charge in [0, 0.05) is 30.2 Å². The Labute approximate surface area is 134 Å². The summed E-state index contributed by atoms with van der Waals surface area (Å²) in [7, 11) is 0. The first kappa shape index (κ1) is 15.6. The Morgan fingerprint density at radius 2 is 1.77 bits per heavy atom. The van der Waals surface area contributed by atoms with Crippen LogP contribution in [0.15, 0.2) is 18.3 Å². The molecule has 3 rings (SSSR count). The van der Waals surface area contributed by atoms with Crippen molar-refractivity contribution in [3.8, 4) is 0 Å². The lowest BCUT2D eigenvalue weighted by Crippen LogP contribution is -2.21. The van der Waals surface area contributed by atoms with E-state index in [1.165, 1.54) is 60.1 Å². The van der Waals surface area contributed by atoms with Crippen LogP contribution in [0.1, 0.15) is 36.0 Å². The Morgan fingerprint density at radius 1 is 1.05 bits per heavy atom. The van der Waals surface area contributed by atoms with Gasteiger partial charge < -0.3 is 15.2 Å². The fourth-order valence-electron chi connectivity index (χ4n) is 3.55. The lowest BCUT2D eigenvalue weighted by molar-refractivity contribution is 0.344. The predicted molar refractivity (Wildman–Crippen MR) is 94.5 cm³/mol. The Hall–Kier alpha value is -1.32. The maximum atomic E-state index is 5.70. The molecule has 1 aromatic heterocycles. The molecule has 22 heavy (non-hydrogen) atoms.